The molecular weight excluding hydrogens is 419 g/mol. The zero-order chi connectivity index (χ0) is 22.3. The van der Waals surface area contributed by atoms with E-state index in [4.69, 9.17) is 5.26 Å². The molecule has 2 aromatic rings. The molecule has 1 aromatic carbocycles. The van der Waals surface area contributed by atoms with Crippen LogP contribution in [0.15, 0.2) is 36.5 Å². The van der Waals surface area contributed by atoms with Gasteiger partial charge in [0.25, 0.3) is 0 Å². The van der Waals surface area contributed by atoms with E-state index in [9.17, 15) is 22.0 Å². The van der Waals surface area contributed by atoms with Gasteiger partial charge in [-0.25, -0.2) is 4.39 Å². The number of hydrogen-bond donors (Lipinski definition) is 2. The number of rotatable bonds is 8. The van der Waals surface area contributed by atoms with Crippen molar-refractivity contribution in [2.24, 2.45) is 0 Å². The van der Waals surface area contributed by atoms with Crippen molar-refractivity contribution in [3.63, 3.8) is 0 Å². The van der Waals surface area contributed by atoms with Gasteiger partial charge in [-0.05, 0) is 0 Å². The molecule has 0 aliphatic carbocycles. The average Bonchev–Trinajstić information content (AvgIpc) is 2.71. The zero-order valence-corrected chi connectivity index (χ0v) is 16.7. The van der Waals surface area contributed by atoms with E-state index in [1.165, 1.54) is 32.5 Å². The summed E-state index contributed by atoms with van der Waals surface area (Å²) >= 11 is 0. The second-order valence-electron chi connectivity index (χ2n) is 5.81. The third-order valence-corrected chi connectivity index (χ3v) is 5.54. The van der Waals surface area contributed by atoms with Crippen molar-refractivity contribution in [1.29, 1.82) is 5.26 Å². The van der Waals surface area contributed by atoms with Gasteiger partial charge in [0, 0.05) is 0 Å². The number of hydrogen-bond acceptors (Lipinski definition) is 7. The van der Waals surface area contributed by atoms with Crippen molar-refractivity contribution in [3.05, 3.63) is 59.4 Å². The van der Waals surface area contributed by atoms with E-state index in [-0.39, 0.29) is 22.7 Å². The first kappa shape index (κ1) is 22.8. The summed E-state index contributed by atoms with van der Waals surface area (Å²) in [6.07, 6.45) is 2.25. The Labute approximate surface area is 172 Å². The Hall–Kier alpha value is -3.53. The van der Waals surface area contributed by atoms with E-state index in [0.717, 1.165) is 35.8 Å². The Bertz CT molecular complexity index is 1100. The molecule has 0 saturated carbocycles. The van der Waals surface area contributed by atoms with Crippen LogP contribution in [0.3, 0.4) is 0 Å². The molecule has 2 N–H and O–H groups in total. The number of pyridine rings is 1. The SMILES string of the molecule is CNC(=BOC#N)N(C)S(=O)(=O)Cc1cc(NC(=O)c2ccc(F)cn2)ccc1F. The van der Waals surface area contributed by atoms with Crippen LogP contribution >= 0.6 is 0 Å². The van der Waals surface area contributed by atoms with Gasteiger partial charge in [-0.1, -0.05) is 0 Å². The predicted octanol–water partition coefficient (Wildman–Crippen LogP) is 0.797. The minimum atomic E-state index is -4.07. The Morgan fingerprint density at radius 2 is 2.07 bits per heavy atom. The topological polar surface area (TPSA) is 124 Å². The molecule has 0 bridgehead atoms. The molecule has 0 aliphatic heterocycles. The molecule has 0 saturated heterocycles. The second-order valence-corrected chi connectivity index (χ2v) is 7.81. The van der Waals surface area contributed by atoms with Gasteiger partial charge in [0.05, 0.1) is 0 Å². The molecule has 1 amide bonds. The summed E-state index contributed by atoms with van der Waals surface area (Å²) in [5.74, 6) is -2.82. The van der Waals surface area contributed by atoms with E-state index in [1.54, 1.807) is 0 Å². The van der Waals surface area contributed by atoms with Gasteiger partial charge < -0.3 is 0 Å². The molecule has 0 spiro atoms. The fraction of sp³-hybridized carbons (Fsp3) is 0.176. The molecule has 13 heteroatoms. The Balaban J connectivity index is 2.23. The first-order chi connectivity index (χ1) is 14.2. The van der Waals surface area contributed by atoms with Crippen molar-refractivity contribution in [2.45, 2.75) is 5.75 Å². The van der Waals surface area contributed by atoms with E-state index in [1.807, 2.05) is 0 Å². The van der Waals surface area contributed by atoms with Crippen molar-refractivity contribution in [3.8, 4) is 6.26 Å². The third kappa shape index (κ3) is 5.74. The molecular formula is C17H16BF2N5O4S. The van der Waals surface area contributed by atoms with E-state index >= 15 is 0 Å². The average molecular weight is 435 g/mol. The first-order valence-corrected chi connectivity index (χ1v) is 9.89. The number of benzene rings is 1. The normalized spacial score (nSPS) is 11.1. The van der Waals surface area contributed by atoms with Crippen molar-refractivity contribution in [1.82, 2.24) is 14.6 Å². The van der Waals surface area contributed by atoms with Crippen LogP contribution in [0.4, 0.5) is 14.5 Å². The van der Waals surface area contributed by atoms with E-state index in [0.29, 0.717) is 0 Å². The summed E-state index contributed by atoms with van der Waals surface area (Å²) in [6, 6.07) is 5.64. The van der Waals surface area contributed by atoms with Crippen LogP contribution in [-0.4, -0.2) is 50.5 Å². The van der Waals surface area contributed by atoms with Crippen LogP contribution in [0.5, 0.6) is 0 Å². The van der Waals surface area contributed by atoms with Gasteiger partial charge in [0.1, 0.15) is 5.82 Å². The molecule has 2 rings (SSSR count). The fourth-order valence-electron chi connectivity index (χ4n) is 2.28. The van der Waals surface area contributed by atoms with Gasteiger partial charge >= 0.3 is 162 Å². The number of sulfonamides is 1. The summed E-state index contributed by atoms with van der Waals surface area (Å²) in [5, 5.41) is 13.4. The summed E-state index contributed by atoms with van der Waals surface area (Å²) in [5.41, 5.74) is -0.208. The van der Waals surface area contributed by atoms with Crippen molar-refractivity contribution < 1.29 is 26.6 Å². The Morgan fingerprint density at radius 1 is 1.33 bits per heavy atom. The number of nitrogens with one attached hydrogen (secondary N) is 2. The number of nitrogens with zero attached hydrogens (tertiary/aromatic N) is 3. The number of anilines is 1. The predicted molar refractivity (Wildman–Crippen MR) is 105 cm³/mol. The summed E-state index contributed by atoms with van der Waals surface area (Å²) in [6.45, 7) is 0. The number of amides is 1. The molecule has 156 valence electrons. The summed E-state index contributed by atoms with van der Waals surface area (Å²) < 4.78 is 57.5. The van der Waals surface area contributed by atoms with E-state index in [2.05, 4.69) is 20.3 Å². The van der Waals surface area contributed by atoms with Gasteiger partial charge in [-0.3, -0.25) is 0 Å². The zero-order valence-electron chi connectivity index (χ0n) is 15.9. The monoisotopic (exact) mass is 435 g/mol. The molecule has 0 radical (unpaired) electrons. The fourth-order valence-corrected chi connectivity index (χ4v) is 3.53. The molecule has 0 unspecified atom stereocenters. The van der Waals surface area contributed by atoms with Crippen LogP contribution < -0.4 is 10.6 Å². The first-order valence-electron chi connectivity index (χ1n) is 8.28. The number of aromatic nitrogens is 1. The van der Waals surface area contributed by atoms with Gasteiger partial charge in [0.2, 0.25) is 0 Å². The second kappa shape index (κ2) is 9.79. The van der Waals surface area contributed by atoms with Gasteiger partial charge in [-0.2, -0.15) is 0 Å². The number of nitriles is 1. The minimum absolute atomic E-state index is 0.0520. The standard InChI is InChI=1S/C17H16BF2N5O4S/c1-22-17(18-29-10-21)25(2)30(27,28)9-11-7-13(4-5-14(11)20)24-16(26)15-6-3-12(19)8-23-15/h3-8,22H,9H2,1-2H3,(H,24,26). The van der Waals surface area contributed by atoms with E-state index < -0.39 is 33.3 Å². The van der Waals surface area contributed by atoms with Crippen LogP contribution in [0.2, 0.25) is 0 Å². The van der Waals surface area contributed by atoms with Crippen molar-refractivity contribution >= 4 is 34.5 Å². The molecule has 1 aromatic heterocycles. The quantitative estimate of drug-likeness (QED) is 0.464. The molecule has 9 nitrogen and oxygen atoms in total. The van der Waals surface area contributed by atoms with Gasteiger partial charge in [0.15, 0.2) is 0 Å². The number of carbonyl (C=O) groups excluding carboxylic acids is 1. The molecule has 1 heterocycles. The molecule has 30 heavy (non-hydrogen) atoms. The number of carbonyl (C=O) groups is 1. The summed E-state index contributed by atoms with van der Waals surface area (Å²) in [7, 11) is -0.572. The molecule has 0 atom stereocenters. The number of halogens is 2. The van der Waals surface area contributed by atoms with Gasteiger partial charge in [-0.15, -0.1) is 0 Å². The Kier molecular flexibility index (Phi) is 7.43. The Morgan fingerprint density at radius 3 is 2.67 bits per heavy atom. The van der Waals surface area contributed by atoms with Crippen LogP contribution in [-0.2, 0) is 20.4 Å². The molecule has 0 aliphatic rings. The van der Waals surface area contributed by atoms with Crippen molar-refractivity contribution in [2.75, 3.05) is 19.4 Å². The maximum absolute atomic E-state index is 14.2. The summed E-state index contributed by atoms with van der Waals surface area (Å²) in [4.78, 5) is 15.8. The third-order valence-electron chi connectivity index (χ3n) is 3.84. The van der Waals surface area contributed by atoms with Crippen LogP contribution in [0.25, 0.3) is 0 Å². The molecule has 0 fully saturated rings. The van der Waals surface area contributed by atoms with Crippen LogP contribution in [0.1, 0.15) is 16.1 Å². The maximum atomic E-state index is 14.2. The van der Waals surface area contributed by atoms with Crippen LogP contribution in [0, 0.1) is 23.2 Å².